The summed E-state index contributed by atoms with van der Waals surface area (Å²) in [7, 11) is 0. The lowest BCUT2D eigenvalue weighted by Crippen LogP contribution is -2.06. The Balaban J connectivity index is 0.000000112. The van der Waals surface area contributed by atoms with Crippen LogP contribution in [0.15, 0.2) is 442 Å². The smallest absolute Gasteiger partial charge is 0.238 e. The van der Waals surface area contributed by atoms with E-state index in [0.717, 1.165) is 135 Å². The van der Waals surface area contributed by atoms with Gasteiger partial charge >= 0.3 is 0 Å². The molecule has 0 unspecified atom stereocenters. The maximum Gasteiger partial charge on any atom is 0.238 e. The summed E-state index contributed by atoms with van der Waals surface area (Å²) in [6.45, 7) is 0. The minimum absolute atomic E-state index is 0. The Morgan fingerprint density at radius 3 is 1.17 bits per heavy atom. The van der Waals surface area contributed by atoms with E-state index in [9.17, 15) is 0 Å². The van der Waals surface area contributed by atoms with Crippen molar-refractivity contribution in [2.45, 2.75) is 14.9 Å². The molecule has 0 aliphatic rings. The van der Waals surface area contributed by atoms with Gasteiger partial charge in [-0.05, 0) is 154 Å². The predicted molar refractivity (Wildman–Crippen MR) is 605 cm³/mol. The van der Waals surface area contributed by atoms with Crippen molar-refractivity contribution in [1.29, 1.82) is 0 Å². The highest BCUT2D eigenvalue weighted by molar-refractivity contribution is 9.11. The molecule has 16 heteroatoms. The number of fused-ring (bicyclic) bond motifs is 26. The zero-order chi connectivity index (χ0) is 91.3. The van der Waals surface area contributed by atoms with Gasteiger partial charge in [-0.1, -0.05) is 366 Å². The van der Waals surface area contributed by atoms with Crippen molar-refractivity contribution in [3.8, 4) is 96.4 Å². The van der Waals surface area contributed by atoms with E-state index >= 15 is 0 Å². The molecular weight excluding hydrogens is 1970 g/mol. The Kier molecular flexibility index (Phi) is 21.5. The van der Waals surface area contributed by atoms with Crippen molar-refractivity contribution in [2.24, 2.45) is 0 Å². The van der Waals surface area contributed by atoms with E-state index in [1.54, 1.807) is 0 Å². The van der Waals surface area contributed by atoms with E-state index in [4.69, 9.17) is 34.3 Å². The van der Waals surface area contributed by atoms with Crippen LogP contribution in [0.5, 0.6) is 0 Å². The number of aromatic nitrogens is 9. The monoisotopic (exact) mass is 2040 g/mol. The molecule has 0 radical (unpaired) electrons. The molecule has 0 amide bonds. The summed E-state index contributed by atoms with van der Waals surface area (Å²) in [5.41, 5.74) is 22.2. The number of para-hydroxylation sites is 5. The number of nitrogens with zero attached hydrogens (tertiary/aromatic N) is 9. The molecule has 664 valence electrons. The quantitative estimate of drug-likeness (QED) is 0.134. The molecule has 0 fully saturated rings. The van der Waals surface area contributed by atoms with Crippen LogP contribution in [0.3, 0.4) is 0 Å². The minimum atomic E-state index is 0. The third kappa shape index (κ3) is 14.3. The number of rotatable bonds is 10. The second-order valence-electron chi connectivity index (χ2n) is 34.6. The predicted octanol–water partition coefficient (Wildman–Crippen LogP) is 37.3. The molecule has 0 saturated heterocycles. The third-order valence-electron chi connectivity index (χ3n) is 26.7. The molecule has 19 aromatic carbocycles. The summed E-state index contributed by atoms with van der Waals surface area (Å²) < 4.78 is 24.0. The fraction of sp³-hybridized carbons (Fsp3) is 0.0161. The van der Waals surface area contributed by atoms with Crippen molar-refractivity contribution in [3.05, 3.63) is 438 Å². The largest absolute Gasteiger partial charge is 0.456 e. The van der Waals surface area contributed by atoms with E-state index in [0.29, 0.717) is 23.4 Å². The number of pyridine rings is 1. The van der Waals surface area contributed by atoms with Crippen LogP contribution in [0.25, 0.3) is 266 Å². The summed E-state index contributed by atoms with van der Waals surface area (Å²) in [6, 6.07) is 149. The van der Waals surface area contributed by atoms with E-state index in [1.165, 1.54) is 121 Å². The highest BCUT2D eigenvalue weighted by Crippen LogP contribution is 2.52. The molecule has 0 aliphatic carbocycles. The summed E-state index contributed by atoms with van der Waals surface area (Å²) in [4.78, 5) is 31.2. The van der Waals surface area contributed by atoms with Crippen LogP contribution < -0.4 is 0 Å². The lowest BCUT2D eigenvalue weighted by atomic mass is 10.0. The number of halogens is 3. The molecule has 29 rings (SSSR count). The topological polar surface area (TPSA) is 105 Å². The van der Waals surface area contributed by atoms with Crippen molar-refractivity contribution in [3.63, 3.8) is 0 Å². The summed E-state index contributed by atoms with van der Waals surface area (Å²) in [5.74, 6) is 3.45. The Morgan fingerprint density at radius 2 is 0.629 bits per heavy atom. The first-order valence-corrected chi connectivity index (χ1v) is 50.4. The molecule has 0 aliphatic heterocycles. The molecule has 0 atom stereocenters. The number of hydrogen-bond donors (Lipinski definition) is 0. The van der Waals surface area contributed by atoms with Crippen molar-refractivity contribution in [2.75, 3.05) is 0 Å². The van der Waals surface area contributed by atoms with Gasteiger partial charge in [0.2, 0.25) is 5.95 Å². The van der Waals surface area contributed by atoms with Crippen molar-refractivity contribution >= 4 is 251 Å². The highest BCUT2D eigenvalue weighted by atomic mass is 79.9. The Morgan fingerprint density at radius 1 is 0.243 bits per heavy atom. The van der Waals surface area contributed by atoms with Gasteiger partial charge in [-0.25, -0.2) is 19.9 Å². The SMILES string of the molecule is Brc1cc2c3ccccc3n(-c3ccc(-c4nc(-c5ccc6oc7ccccc7c6c5)c5ccccc5n4)cc3)c2c2sc3ccccc3c12.Brc1cc2c3ccccc3n(-c3cccc(-c4cccc5ccccc45)n3)c2c2sc3ccccc3c12.Brc1cc2c3ccccc3n(-c3nc(-c4ccc(-c5ccccc5)cc4)nc(-c4ccc(-c5ccccc5)cc4)n3)c2c2sc3ccccc3c12.C.C. The molecule has 140 heavy (non-hydrogen) atoms. The van der Waals surface area contributed by atoms with Crippen molar-refractivity contribution in [1.82, 2.24) is 43.6 Å². The second-order valence-corrected chi connectivity index (χ2v) is 40.3. The first kappa shape index (κ1) is 85.9. The molecule has 10 aromatic heterocycles. The highest BCUT2D eigenvalue weighted by Gasteiger charge is 2.28. The van der Waals surface area contributed by atoms with E-state index < -0.39 is 0 Å². The van der Waals surface area contributed by atoms with Gasteiger partial charge in [-0.3, -0.25) is 9.13 Å². The van der Waals surface area contributed by atoms with Gasteiger partial charge in [-0.15, -0.1) is 34.0 Å². The summed E-state index contributed by atoms with van der Waals surface area (Å²) in [5, 5.41) is 20.4. The minimum Gasteiger partial charge on any atom is -0.456 e. The molecular formula is C124H78Br3N9OS3. The molecule has 10 nitrogen and oxygen atoms in total. The Labute approximate surface area is 841 Å². The molecule has 0 N–H and O–H groups in total. The fourth-order valence-electron chi connectivity index (χ4n) is 20.4. The standard InChI is InChI=1S/C45H27BrN4S.C44H24BrN3OS.C33H19BrN2S.2CH4/c46-37-27-36-34-15-7-9-17-38(34)50(41(36)42-40(37)35-16-8-10-18-39(35)51-42)45-48-43(32-23-19-30(20-24-32)28-11-3-1-4-12-28)47-44(49-45)33-25-21-31(22-26-33)29-13-5-2-6-14-29;45-34-24-33-28-9-2-6-14-36(28)48(42(33)43-40(34)31-12-4-8-16-39(31)50-43)27-20-17-25(18-21-27)44-46-35-13-5-1-11-30(35)41(47-44)26-19-22-38-32(23-26)29-10-3-7-15-37(29)49-38;34-26-19-25-23-12-3-5-16-28(23)36(32(25)33-31(26)24-13-4-6-17-29(24)37-33)30-18-8-15-27(35-30)22-14-7-10-20-9-1-2-11-21(20)22;;/h1-27H;1-24H;1-19H;2*1H4. The molecule has 29 aromatic rings. The zero-order valence-electron chi connectivity index (χ0n) is 73.2. The average molecular weight is 2050 g/mol. The van der Waals surface area contributed by atoms with Gasteiger partial charge in [-0.2, -0.15) is 9.97 Å². The van der Waals surface area contributed by atoms with Crippen LogP contribution in [0, 0.1) is 0 Å². The van der Waals surface area contributed by atoms with Crippen LogP contribution in [0.1, 0.15) is 14.9 Å². The summed E-state index contributed by atoms with van der Waals surface area (Å²) >= 11 is 17.3. The Hall–Kier alpha value is -15.8. The van der Waals surface area contributed by atoms with Crippen LogP contribution in [-0.4, -0.2) is 43.6 Å². The number of benzene rings is 19. The van der Waals surface area contributed by atoms with Gasteiger partial charge in [0.1, 0.15) is 17.0 Å². The molecule has 10 heterocycles. The van der Waals surface area contributed by atoms with Gasteiger partial charge < -0.3 is 8.98 Å². The van der Waals surface area contributed by atoms with Crippen LogP contribution >= 0.6 is 81.8 Å². The number of thiophene rings is 3. The number of furan rings is 1. The van der Waals surface area contributed by atoms with Gasteiger partial charge in [0.05, 0.1) is 64.1 Å². The normalized spacial score (nSPS) is 11.7. The third-order valence-corrected chi connectivity index (χ3v) is 32.1. The lowest BCUT2D eigenvalue weighted by molar-refractivity contribution is 0.669. The average Bonchev–Trinajstić information content (AvgIpc) is 1.57. The molecule has 0 saturated carbocycles. The maximum atomic E-state index is 6.13. The van der Waals surface area contributed by atoms with Crippen LogP contribution in [-0.2, 0) is 0 Å². The van der Waals surface area contributed by atoms with Gasteiger partial charge in [0, 0.05) is 142 Å². The van der Waals surface area contributed by atoms with Crippen molar-refractivity contribution < 1.29 is 4.42 Å². The molecule has 0 bridgehead atoms. The van der Waals surface area contributed by atoms with E-state index in [2.05, 4.69) is 444 Å². The lowest BCUT2D eigenvalue weighted by Gasteiger charge is -2.12. The fourth-order valence-corrected chi connectivity index (χ4v) is 26.5. The molecule has 0 spiro atoms. The Bertz CT molecular complexity index is 9930. The van der Waals surface area contributed by atoms with Gasteiger partial charge in [0.15, 0.2) is 17.5 Å². The zero-order valence-corrected chi connectivity index (χ0v) is 80.4. The van der Waals surface area contributed by atoms with Gasteiger partial charge in [0.25, 0.3) is 0 Å². The first-order valence-electron chi connectivity index (χ1n) is 45.6. The summed E-state index contributed by atoms with van der Waals surface area (Å²) in [6.07, 6.45) is 0. The van der Waals surface area contributed by atoms with E-state index in [-0.39, 0.29) is 14.9 Å². The second kappa shape index (κ2) is 35.0. The maximum absolute atomic E-state index is 6.13. The van der Waals surface area contributed by atoms with E-state index in [1.807, 2.05) is 76.5 Å². The van der Waals surface area contributed by atoms with Crippen LogP contribution in [0.4, 0.5) is 0 Å². The first-order chi connectivity index (χ1) is 68.2. The van der Waals surface area contributed by atoms with Crippen LogP contribution in [0.2, 0.25) is 0 Å². The number of hydrogen-bond acceptors (Lipinski definition) is 10.